The lowest BCUT2D eigenvalue weighted by Crippen LogP contribution is -2.39. The van der Waals surface area contributed by atoms with Gasteiger partial charge in [-0.2, -0.15) is 13.2 Å². The summed E-state index contributed by atoms with van der Waals surface area (Å²) in [6.07, 6.45) is -2.00. The molecule has 88 valence electrons. The largest absolute Gasteiger partial charge is 0.405 e. The topological polar surface area (TPSA) is 55.1 Å². The fraction of sp³-hybridized carbons (Fsp3) is 0.889. The first kappa shape index (κ1) is 12.3. The van der Waals surface area contributed by atoms with E-state index in [9.17, 15) is 18.0 Å². The molecule has 3 N–H and O–H groups in total. The van der Waals surface area contributed by atoms with Gasteiger partial charge in [0, 0.05) is 5.92 Å². The highest BCUT2D eigenvalue weighted by Gasteiger charge is 2.34. The van der Waals surface area contributed by atoms with Crippen molar-refractivity contribution in [2.45, 2.75) is 25.4 Å². The van der Waals surface area contributed by atoms with Gasteiger partial charge in [0.05, 0.1) is 0 Å². The second-order valence-corrected chi connectivity index (χ2v) is 3.87. The van der Waals surface area contributed by atoms with Crippen molar-refractivity contribution in [2.24, 2.45) is 17.6 Å². The van der Waals surface area contributed by atoms with E-state index < -0.39 is 18.6 Å². The minimum absolute atomic E-state index is 0.0400. The van der Waals surface area contributed by atoms with Crippen LogP contribution in [-0.4, -0.2) is 25.2 Å². The van der Waals surface area contributed by atoms with E-state index in [0.29, 0.717) is 13.0 Å². The molecular formula is C9H15F3N2O. The smallest absolute Gasteiger partial charge is 0.347 e. The van der Waals surface area contributed by atoms with E-state index in [1.54, 1.807) is 0 Å². The Hall–Kier alpha value is -0.780. The van der Waals surface area contributed by atoms with Crippen LogP contribution in [0.25, 0.3) is 0 Å². The molecule has 0 unspecified atom stereocenters. The average molecular weight is 224 g/mol. The molecule has 1 fully saturated rings. The molecule has 0 spiro atoms. The lowest BCUT2D eigenvalue weighted by atomic mass is 9.95. The lowest BCUT2D eigenvalue weighted by Gasteiger charge is -2.17. The third-order valence-corrected chi connectivity index (χ3v) is 2.76. The van der Waals surface area contributed by atoms with E-state index in [4.69, 9.17) is 5.73 Å². The van der Waals surface area contributed by atoms with Gasteiger partial charge < -0.3 is 11.1 Å². The highest BCUT2D eigenvalue weighted by Crippen LogP contribution is 2.31. The predicted molar refractivity (Wildman–Crippen MR) is 49.0 cm³/mol. The van der Waals surface area contributed by atoms with Crippen LogP contribution in [-0.2, 0) is 4.79 Å². The zero-order valence-corrected chi connectivity index (χ0v) is 8.31. The maximum absolute atomic E-state index is 11.8. The van der Waals surface area contributed by atoms with Gasteiger partial charge in [-0.05, 0) is 25.3 Å². The number of amides is 1. The molecule has 15 heavy (non-hydrogen) atoms. The quantitative estimate of drug-likeness (QED) is 0.752. The Morgan fingerprint density at radius 3 is 2.60 bits per heavy atom. The fourth-order valence-electron chi connectivity index (χ4n) is 1.98. The average Bonchev–Trinajstić information content (AvgIpc) is 2.60. The van der Waals surface area contributed by atoms with Crippen LogP contribution < -0.4 is 11.1 Å². The van der Waals surface area contributed by atoms with E-state index in [2.05, 4.69) is 0 Å². The molecule has 0 heterocycles. The molecule has 1 amide bonds. The molecule has 2 atom stereocenters. The molecule has 3 nitrogen and oxygen atoms in total. The number of carbonyl (C=O) groups excluding carboxylic acids is 1. The minimum atomic E-state index is -4.34. The number of hydrogen-bond acceptors (Lipinski definition) is 2. The molecule has 1 rings (SSSR count). The van der Waals surface area contributed by atoms with Crippen LogP contribution in [0, 0.1) is 11.8 Å². The molecule has 0 aromatic rings. The summed E-state index contributed by atoms with van der Waals surface area (Å²) in [6, 6.07) is 0. The highest BCUT2D eigenvalue weighted by atomic mass is 19.4. The van der Waals surface area contributed by atoms with Gasteiger partial charge in [0.2, 0.25) is 5.91 Å². The van der Waals surface area contributed by atoms with Gasteiger partial charge in [-0.25, -0.2) is 0 Å². The first-order valence-electron chi connectivity index (χ1n) is 4.98. The number of nitrogens with one attached hydrogen (secondary N) is 1. The summed E-state index contributed by atoms with van der Waals surface area (Å²) in [4.78, 5) is 11.4. The Morgan fingerprint density at radius 2 is 2.07 bits per heavy atom. The number of rotatable bonds is 3. The van der Waals surface area contributed by atoms with Crippen molar-refractivity contribution in [3.63, 3.8) is 0 Å². The second-order valence-electron chi connectivity index (χ2n) is 3.87. The van der Waals surface area contributed by atoms with Crippen molar-refractivity contribution in [3.05, 3.63) is 0 Å². The lowest BCUT2D eigenvalue weighted by molar-refractivity contribution is -0.141. The third kappa shape index (κ3) is 3.70. The number of carbonyl (C=O) groups is 1. The summed E-state index contributed by atoms with van der Waals surface area (Å²) in [7, 11) is 0. The second kappa shape index (κ2) is 4.83. The SMILES string of the molecule is NC[C@H]1CCC[C@H]1C(=O)NCC(F)(F)F. The Morgan fingerprint density at radius 1 is 1.40 bits per heavy atom. The van der Waals surface area contributed by atoms with Gasteiger partial charge in [0.1, 0.15) is 6.54 Å². The molecule has 0 saturated heterocycles. The van der Waals surface area contributed by atoms with Gasteiger partial charge in [0.25, 0.3) is 0 Å². The maximum Gasteiger partial charge on any atom is 0.405 e. The normalized spacial score (nSPS) is 26.7. The van der Waals surface area contributed by atoms with Crippen molar-refractivity contribution in [2.75, 3.05) is 13.1 Å². The van der Waals surface area contributed by atoms with Crippen LogP contribution >= 0.6 is 0 Å². The number of alkyl halides is 3. The highest BCUT2D eigenvalue weighted by molar-refractivity contribution is 5.79. The van der Waals surface area contributed by atoms with Gasteiger partial charge in [-0.15, -0.1) is 0 Å². The summed E-state index contributed by atoms with van der Waals surface area (Å²) < 4.78 is 35.5. The van der Waals surface area contributed by atoms with Crippen molar-refractivity contribution in [1.82, 2.24) is 5.32 Å². The molecular weight excluding hydrogens is 209 g/mol. The van der Waals surface area contributed by atoms with Crippen LogP contribution in [0.2, 0.25) is 0 Å². The number of nitrogens with two attached hydrogens (primary N) is 1. The van der Waals surface area contributed by atoms with Gasteiger partial charge in [0.15, 0.2) is 0 Å². The molecule has 0 aliphatic heterocycles. The molecule has 1 saturated carbocycles. The monoisotopic (exact) mass is 224 g/mol. The van der Waals surface area contributed by atoms with E-state index in [1.807, 2.05) is 5.32 Å². The van der Waals surface area contributed by atoms with E-state index in [1.165, 1.54) is 0 Å². The molecule has 0 bridgehead atoms. The Labute approximate surface area is 86.2 Å². The Kier molecular flexibility index (Phi) is 3.96. The zero-order valence-electron chi connectivity index (χ0n) is 8.31. The van der Waals surface area contributed by atoms with Gasteiger partial charge >= 0.3 is 6.18 Å². The fourth-order valence-corrected chi connectivity index (χ4v) is 1.98. The number of hydrogen-bond donors (Lipinski definition) is 2. The summed E-state index contributed by atoms with van der Waals surface area (Å²) in [6.45, 7) is -0.885. The van der Waals surface area contributed by atoms with E-state index in [-0.39, 0.29) is 11.8 Å². The van der Waals surface area contributed by atoms with Crippen molar-refractivity contribution in [1.29, 1.82) is 0 Å². The molecule has 0 aromatic carbocycles. The van der Waals surface area contributed by atoms with Crippen LogP contribution in [0.15, 0.2) is 0 Å². The standard InChI is InChI=1S/C9H15F3N2O/c10-9(11,12)5-14-8(15)7-3-1-2-6(7)4-13/h6-7H,1-5,13H2,(H,14,15)/t6-,7-/m1/s1. The summed E-state index contributed by atoms with van der Waals surface area (Å²) in [5.74, 6) is -0.809. The Bertz CT molecular complexity index is 230. The summed E-state index contributed by atoms with van der Waals surface area (Å²) in [5, 5.41) is 1.91. The Balaban J connectivity index is 2.40. The van der Waals surface area contributed by atoms with E-state index >= 15 is 0 Å². The summed E-state index contributed by atoms with van der Waals surface area (Å²) >= 11 is 0. The molecule has 0 aromatic heterocycles. The molecule has 1 aliphatic carbocycles. The van der Waals surface area contributed by atoms with Crippen LogP contribution in [0.4, 0.5) is 13.2 Å². The minimum Gasteiger partial charge on any atom is -0.347 e. The van der Waals surface area contributed by atoms with E-state index in [0.717, 1.165) is 12.8 Å². The first-order chi connectivity index (χ1) is 6.94. The van der Waals surface area contributed by atoms with Gasteiger partial charge in [-0.1, -0.05) is 6.42 Å². The van der Waals surface area contributed by atoms with Crippen LogP contribution in [0.3, 0.4) is 0 Å². The van der Waals surface area contributed by atoms with Crippen molar-refractivity contribution >= 4 is 5.91 Å². The van der Waals surface area contributed by atoms with Crippen LogP contribution in [0.1, 0.15) is 19.3 Å². The van der Waals surface area contributed by atoms with Crippen LogP contribution in [0.5, 0.6) is 0 Å². The van der Waals surface area contributed by atoms with Crippen molar-refractivity contribution in [3.8, 4) is 0 Å². The summed E-state index contributed by atoms with van der Waals surface area (Å²) in [5.41, 5.74) is 5.44. The molecule has 0 radical (unpaired) electrons. The molecule has 6 heteroatoms. The predicted octanol–water partition coefficient (Wildman–Crippen LogP) is 1.04. The molecule has 1 aliphatic rings. The van der Waals surface area contributed by atoms with Gasteiger partial charge in [-0.3, -0.25) is 4.79 Å². The maximum atomic E-state index is 11.8. The zero-order chi connectivity index (χ0) is 11.5. The van der Waals surface area contributed by atoms with Crippen molar-refractivity contribution < 1.29 is 18.0 Å². The third-order valence-electron chi connectivity index (χ3n) is 2.76. The first-order valence-corrected chi connectivity index (χ1v) is 4.98. The number of halogens is 3.